The molecule has 0 spiro atoms. The number of rotatable bonds is 6. The highest BCUT2D eigenvalue weighted by Gasteiger charge is 2.52. The fraction of sp³-hybridized carbons (Fsp3) is 0.333. The highest BCUT2D eigenvalue weighted by Crippen LogP contribution is 2.31. The first-order chi connectivity index (χ1) is 12.1. The molecule has 1 heterocycles. The van der Waals surface area contributed by atoms with Gasteiger partial charge in [0.05, 0.1) is 6.04 Å². The number of nitrogens with one attached hydrogen (secondary N) is 1. The fourth-order valence-corrected chi connectivity index (χ4v) is 3.23. The summed E-state index contributed by atoms with van der Waals surface area (Å²) in [7, 11) is 0. The van der Waals surface area contributed by atoms with Crippen LogP contribution in [0.15, 0.2) is 60.7 Å². The van der Waals surface area contributed by atoms with E-state index in [0.29, 0.717) is 13.0 Å². The van der Waals surface area contributed by atoms with Crippen LogP contribution in [0.4, 0.5) is 0 Å². The lowest BCUT2D eigenvalue weighted by Crippen LogP contribution is -2.32. The van der Waals surface area contributed by atoms with Gasteiger partial charge in [0.25, 0.3) is 0 Å². The van der Waals surface area contributed by atoms with E-state index in [1.165, 1.54) is 0 Å². The summed E-state index contributed by atoms with van der Waals surface area (Å²) in [6, 6.07) is 19.4. The molecule has 3 atom stereocenters. The molecule has 4 nitrogen and oxygen atoms in total. The van der Waals surface area contributed by atoms with Crippen molar-refractivity contribution in [3.63, 3.8) is 0 Å². The van der Waals surface area contributed by atoms with Crippen molar-refractivity contribution >= 4 is 11.8 Å². The first-order valence-electron chi connectivity index (χ1n) is 8.75. The molecule has 2 aromatic carbocycles. The van der Waals surface area contributed by atoms with Crippen molar-refractivity contribution in [3.8, 4) is 0 Å². The minimum atomic E-state index is -0.338. The Balaban J connectivity index is 1.53. The van der Waals surface area contributed by atoms with Gasteiger partial charge in [-0.05, 0) is 24.5 Å². The van der Waals surface area contributed by atoms with E-state index in [0.717, 1.165) is 11.1 Å². The molecule has 1 saturated heterocycles. The standard InChI is InChI=1S/C21H24N2O2/c1-15(13-17-9-5-3-6-10-17)21(25)23-16(2)19(23)20(24)22-14-18-11-7-4-8-12-18/h3-12,15-16,19H,13-14H2,1-2H3,(H,22,24)/t15-,16-,19-,23?/m0/s1. The van der Waals surface area contributed by atoms with Crippen LogP contribution < -0.4 is 5.32 Å². The van der Waals surface area contributed by atoms with Crippen molar-refractivity contribution in [2.45, 2.75) is 38.9 Å². The number of carbonyl (C=O) groups is 2. The average molecular weight is 336 g/mol. The lowest BCUT2D eigenvalue weighted by molar-refractivity contribution is -0.132. The van der Waals surface area contributed by atoms with Crippen LogP contribution in [0, 0.1) is 5.92 Å². The number of hydrogen-bond donors (Lipinski definition) is 1. The molecule has 130 valence electrons. The zero-order valence-corrected chi connectivity index (χ0v) is 14.7. The van der Waals surface area contributed by atoms with E-state index in [9.17, 15) is 9.59 Å². The van der Waals surface area contributed by atoms with Gasteiger partial charge >= 0.3 is 0 Å². The van der Waals surface area contributed by atoms with Crippen molar-refractivity contribution in [3.05, 3.63) is 71.8 Å². The van der Waals surface area contributed by atoms with E-state index < -0.39 is 0 Å². The van der Waals surface area contributed by atoms with Gasteiger partial charge in [-0.1, -0.05) is 67.6 Å². The molecule has 3 rings (SSSR count). The number of amides is 2. The van der Waals surface area contributed by atoms with Crippen LogP contribution in [0.2, 0.25) is 0 Å². The summed E-state index contributed by atoms with van der Waals surface area (Å²) in [6.45, 7) is 4.35. The van der Waals surface area contributed by atoms with Gasteiger partial charge in [0.15, 0.2) is 0 Å². The normalized spacial score (nSPS) is 20.0. The van der Waals surface area contributed by atoms with Crippen molar-refractivity contribution in [2.24, 2.45) is 5.92 Å². The Morgan fingerprint density at radius 1 is 1.00 bits per heavy atom. The fourth-order valence-electron chi connectivity index (χ4n) is 3.23. The Morgan fingerprint density at radius 2 is 1.56 bits per heavy atom. The van der Waals surface area contributed by atoms with E-state index in [1.807, 2.05) is 74.5 Å². The van der Waals surface area contributed by atoms with Gasteiger partial charge in [-0.2, -0.15) is 0 Å². The molecule has 4 heteroatoms. The van der Waals surface area contributed by atoms with Crippen molar-refractivity contribution in [1.82, 2.24) is 10.2 Å². The van der Waals surface area contributed by atoms with Gasteiger partial charge in [-0.25, -0.2) is 0 Å². The summed E-state index contributed by atoms with van der Waals surface area (Å²) in [5.41, 5.74) is 2.20. The monoisotopic (exact) mass is 336 g/mol. The largest absolute Gasteiger partial charge is 0.350 e. The average Bonchev–Trinajstić information content (AvgIpc) is 3.31. The predicted octanol–water partition coefficient (Wildman–Crippen LogP) is 2.78. The molecule has 0 unspecified atom stereocenters. The molecule has 1 aliphatic heterocycles. The highest BCUT2D eigenvalue weighted by molar-refractivity contribution is 5.94. The van der Waals surface area contributed by atoms with Crippen LogP contribution in [-0.4, -0.2) is 28.8 Å². The van der Waals surface area contributed by atoms with E-state index >= 15 is 0 Å². The highest BCUT2D eigenvalue weighted by atomic mass is 16.2. The summed E-state index contributed by atoms with van der Waals surface area (Å²) in [5, 5.41) is 2.93. The van der Waals surface area contributed by atoms with E-state index in [1.54, 1.807) is 4.90 Å². The lowest BCUT2D eigenvalue weighted by Gasteiger charge is -2.13. The van der Waals surface area contributed by atoms with Crippen LogP contribution in [0.5, 0.6) is 0 Å². The zero-order chi connectivity index (χ0) is 17.8. The quantitative estimate of drug-likeness (QED) is 0.825. The van der Waals surface area contributed by atoms with Gasteiger partial charge in [0.2, 0.25) is 11.8 Å². The summed E-state index contributed by atoms with van der Waals surface area (Å²) in [5.74, 6) is -0.149. The molecule has 0 bridgehead atoms. The maximum Gasteiger partial charge on any atom is 0.245 e. The molecular formula is C21H24N2O2. The van der Waals surface area contributed by atoms with Crippen molar-refractivity contribution < 1.29 is 9.59 Å². The molecule has 0 aromatic heterocycles. The van der Waals surface area contributed by atoms with E-state index in [4.69, 9.17) is 0 Å². The molecule has 0 saturated carbocycles. The molecule has 2 amide bonds. The molecule has 0 aliphatic carbocycles. The van der Waals surface area contributed by atoms with Gasteiger partial charge < -0.3 is 10.2 Å². The van der Waals surface area contributed by atoms with Crippen LogP contribution in [0.3, 0.4) is 0 Å². The Bertz CT molecular complexity index is 730. The predicted molar refractivity (Wildman–Crippen MR) is 97.7 cm³/mol. The Labute approximate surface area is 148 Å². The number of benzene rings is 2. The van der Waals surface area contributed by atoms with Gasteiger partial charge in [0, 0.05) is 12.5 Å². The van der Waals surface area contributed by atoms with E-state index in [-0.39, 0.29) is 29.8 Å². The second kappa shape index (κ2) is 7.51. The van der Waals surface area contributed by atoms with Gasteiger partial charge in [-0.15, -0.1) is 0 Å². The smallest absolute Gasteiger partial charge is 0.245 e. The molecule has 1 fully saturated rings. The first-order valence-corrected chi connectivity index (χ1v) is 8.75. The Kier molecular flexibility index (Phi) is 5.17. The zero-order valence-electron chi connectivity index (χ0n) is 14.7. The topological polar surface area (TPSA) is 49.2 Å². The maximum absolute atomic E-state index is 12.7. The minimum Gasteiger partial charge on any atom is -0.350 e. The lowest BCUT2D eigenvalue weighted by atomic mass is 10.0. The first kappa shape index (κ1) is 17.2. The molecular weight excluding hydrogens is 312 g/mol. The molecule has 1 aliphatic rings. The summed E-state index contributed by atoms with van der Waals surface area (Å²) < 4.78 is 0. The minimum absolute atomic E-state index is 0.0264. The second-order valence-electron chi connectivity index (χ2n) is 6.73. The van der Waals surface area contributed by atoms with Crippen LogP contribution >= 0.6 is 0 Å². The SMILES string of the molecule is C[C@@H](Cc1ccccc1)C(=O)N1[C@H](C(=O)NCc2ccccc2)[C@@H]1C. The van der Waals surface area contributed by atoms with E-state index in [2.05, 4.69) is 5.32 Å². The molecule has 0 radical (unpaired) electrons. The third-order valence-corrected chi connectivity index (χ3v) is 4.74. The van der Waals surface area contributed by atoms with Crippen molar-refractivity contribution in [2.75, 3.05) is 0 Å². The number of carbonyl (C=O) groups excluding carboxylic acids is 2. The van der Waals surface area contributed by atoms with Crippen LogP contribution in [-0.2, 0) is 22.6 Å². The van der Waals surface area contributed by atoms with Crippen LogP contribution in [0.25, 0.3) is 0 Å². The Hall–Kier alpha value is -2.62. The molecule has 2 aromatic rings. The third-order valence-electron chi connectivity index (χ3n) is 4.74. The summed E-state index contributed by atoms with van der Waals surface area (Å²) in [4.78, 5) is 26.7. The molecule has 1 N–H and O–H groups in total. The number of hydrogen-bond acceptors (Lipinski definition) is 2. The number of nitrogens with zero attached hydrogens (tertiary/aromatic N) is 1. The Morgan fingerprint density at radius 3 is 2.16 bits per heavy atom. The second-order valence-corrected chi connectivity index (χ2v) is 6.73. The van der Waals surface area contributed by atoms with Gasteiger partial charge in [-0.3, -0.25) is 9.59 Å². The molecule has 25 heavy (non-hydrogen) atoms. The maximum atomic E-state index is 12.7. The summed E-state index contributed by atoms with van der Waals surface area (Å²) in [6.07, 6.45) is 0.696. The van der Waals surface area contributed by atoms with Crippen LogP contribution in [0.1, 0.15) is 25.0 Å². The van der Waals surface area contributed by atoms with Crippen molar-refractivity contribution in [1.29, 1.82) is 0 Å². The van der Waals surface area contributed by atoms with Gasteiger partial charge in [0.1, 0.15) is 6.04 Å². The summed E-state index contributed by atoms with van der Waals surface area (Å²) >= 11 is 0. The third kappa shape index (κ3) is 4.08.